The highest BCUT2D eigenvalue weighted by atomic mass is 19.4. The fraction of sp³-hybridized carbons (Fsp3) is 0.588. The summed E-state index contributed by atoms with van der Waals surface area (Å²) in [6, 6.07) is 7.14. The SMILES string of the molecule is Cc1ccccc1CNC(=O)C(C)N1CCC(O)(C(F)(F)F)CC1. The summed E-state index contributed by atoms with van der Waals surface area (Å²) in [6.45, 7) is 4.08. The zero-order valence-electron chi connectivity index (χ0n) is 13.9. The maximum absolute atomic E-state index is 12.8. The number of likely N-dealkylation sites (tertiary alicyclic amines) is 1. The Kier molecular flexibility index (Phi) is 5.55. The van der Waals surface area contributed by atoms with E-state index < -0.39 is 30.7 Å². The summed E-state index contributed by atoms with van der Waals surface area (Å²) in [6.07, 6.45) is -5.45. The van der Waals surface area contributed by atoms with Crippen molar-refractivity contribution in [1.29, 1.82) is 0 Å². The molecule has 1 heterocycles. The van der Waals surface area contributed by atoms with Gasteiger partial charge in [-0.1, -0.05) is 24.3 Å². The van der Waals surface area contributed by atoms with E-state index in [4.69, 9.17) is 0 Å². The van der Waals surface area contributed by atoms with Gasteiger partial charge in [-0.15, -0.1) is 0 Å². The summed E-state index contributed by atoms with van der Waals surface area (Å²) in [4.78, 5) is 13.9. The van der Waals surface area contributed by atoms with Crippen LogP contribution in [0.15, 0.2) is 24.3 Å². The first kappa shape index (κ1) is 18.7. The monoisotopic (exact) mass is 344 g/mol. The molecule has 0 aromatic heterocycles. The van der Waals surface area contributed by atoms with E-state index >= 15 is 0 Å². The van der Waals surface area contributed by atoms with Crippen LogP contribution >= 0.6 is 0 Å². The number of amides is 1. The van der Waals surface area contributed by atoms with E-state index in [1.54, 1.807) is 11.8 Å². The van der Waals surface area contributed by atoms with Crippen LogP contribution in [-0.4, -0.2) is 46.8 Å². The van der Waals surface area contributed by atoms with Crippen LogP contribution in [0.4, 0.5) is 13.2 Å². The molecule has 0 aliphatic carbocycles. The Morgan fingerprint density at radius 3 is 2.46 bits per heavy atom. The molecule has 1 aliphatic heterocycles. The van der Waals surface area contributed by atoms with Crippen molar-refractivity contribution in [3.05, 3.63) is 35.4 Å². The van der Waals surface area contributed by atoms with Crippen molar-refractivity contribution in [3.8, 4) is 0 Å². The van der Waals surface area contributed by atoms with Gasteiger partial charge in [-0.05, 0) is 37.8 Å². The van der Waals surface area contributed by atoms with Gasteiger partial charge < -0.3 is 10.4 Å². The Morgan fingerprint density at radius 2 is 1.92 bits per heavy atom. The Balaban J connectivity index is 1.87. The van der Waals surface area contributed by atoms with Crippen molar-refractivity contribution < 1.29 is 23.1 Å². The summed E-state index contributed by atoms with van der Waals surface area (Å²) in [7, 11) is 0. The third kappa shape index (κ3) is 4.08. The third-order valence-corrected chi connectivity index (χ3v) is 4.79. The van der Waals surface area contributed by atoms with Crippen molar-refractivity contribution in [2.45, 2.75) is 51.1 Å². The quantitative estimate of drug-likeness (QED) is 0.882. The predicted octanol–water partition coefficient (Wildman–Crippen LogP) is 2.39. The van der Waals surface area contributed by atoms with E-state index in [0.29, 0.717) is 6.54 Å². The van der Waals surface area contributed by atoms with Crippen LogP contribution in [0.5, 0.6) is 0 Å². The molecule has 2 rings (SSSR count). The van der Waals surface area contributed by atoms with Gasteiger partial charge in [0.05, 0.1) is 6.04 Å². The number of aryl methyl sites for hydroxylation is 1. The molecule has 1 unspecified atom stereocenters. The van der Waals surface area contributed by atoms with E-state index in [1.165, 1.54) is 0 Å². The van der Waals surface area contributed by atoms with Gasteiger partial charge in [0, 0.05) is 19.6 Å². The van der Waals surface area contributed by atoms with Crippen LogP contribution in [-0.2, 0) is 11.3 Å². The molecule has 0 bridgehead atoms. The average molecular weight is 344 g/mol. The summed E-state index contributed by atoms with van der Waals surface area (Å²) in [5, 5.41) is 12.5. The third-order valence-electron chi connectivity index (χ3n) is 4.79. The van der Waals surface area contributed by atoms with E-state index in [2.05, 4.69) is 5.32 Å². The molecule has 2 N–H and O–H groups in total. The molecular formula is C17H23F3N2O2. The molecule has 0 radical (unpaired) electrons. The number of hydrogen-bond donors (Lipinski definition) is 2. The summed E-state index contributed by atoms with van der Waals surface area (Å²) >= 11 is 0. The molecule has 1 fully saturated rings. The lowest BCUT2D eigenvalue weighted by molar-refractivity contribution is -0.273. The molecule has 1 amide bonds. The smallest absolute Gasteiger partial charge is 0.380 e. The second-order valence-electron chi connectivity index (χ2n) is 6.39. The van der Waals surface area contributed by atoms with Gasteiger partial charge in [0.15, 0.2) is 5.60 Å². The van der Waals surface area contributed by atoms with Crippen molar-refractivity contribution in [3.63, 3.8) is 0 Å². The van der Waals surface area contributed by atoms with Gasteiger partial charge >= 0.3 is 6.18 Å². The molecule has 134 valence electrons. The largest absolute Gasteiger partial charge is 0.417 e. The first-order valence-corrected chi connectivity index (χ1v) is 7.99. The zero-order valence-corrected chi connectivity index (χ0v) is 13.9. The first-order chi connectivity index (χ1) is 11.1. The summed E-state index contributed by atoms with van der Waals surface area (Å²) in [5.41, 5.74) is -0.567. The lowest BCUT2D eigenvalue weighted by Gasteiger charge is -2.40. The number of hydrogen-bond acceptors (Lipinski definition) is 3. The number of piperidine rings is 1. The van der Waals surface area contributed by atoms with Crippen LogP contribution in [0, 0.1) is 6.92 Å². The molecule has 1 saturated heterocycles. The van der Waals surface area contributed by atoms with E-state index in [0.717, 1.165) is 11.1 Å². The van der Waals surface area contributed by atoms with Crippen molar-refractivity contribution >= 4 is 5.91 Å². The highest BCUT2D eigenvalue weighted by Crippen LogP contribution is 2.38. The molecular weight excluding hydrogens is 321 g/mol. The number of halogens is 3. The number of alkyl halides is 3. The van der Waals surface area contributed by atoms with E-state index in [-0.39, 0.29) is 19.0 Å². The minimum Gasteiger partial charge on any atom is -0.380 e. The van der Waals surface area contributed by atoms with Gasteiger partial charge in [-0.2, -0.15) is 13.2 Å². The number of aliphatic hydroxyl groups is 1. The fourth-order valence-corrected chi connectivity index (χ4v) is 2.87. The lowest BCUT2D eigenvalue weighted by Crippen LogP contribution is -2.56. The van der Waals surface area contributed by atoms with Crippen LogP contribution in [0.25, 0.3) is 0 Å². The van der Waals surface area contributed by atoms with Crippen LogP contribution in [0.3, 0.4) is 0 Å². The molecule has 1 aromatic rings. The van der Waals surface area contributed by atoms with Crippen molar-refractivity contribution in [1.82, 2.24) is 10.2 Å². The molecule has 1 atom stereocenters. The topological polar surface area (TPSA) is 52.6 Å². The molecule has 7 heteroatoms. The fourth-order valence-electron chi connectivity index (χ4n) is 2.87. The maximum atomic E-state index is 12.8. The van der Waals surface area contributed by atoms with Crippen LogP contribution in [0.1, 0.15) is 30.9 Å². The van der Waals surface area contributed by atoms with Crippen LogP contribution in [0.2, 0.25) is 0 Å². The number of nitrogens with zero attached hydrogens (tertiary/aromatic N) is 1. The Morgan fingerprint density at radius 1 is 1.33 bits per heavy atom. The Hall–Kier alpha value is -1.60. The zero-order chi connectivity index (χ0) is 18.0. The van der Waals surface area contributed by atoms with Crippen LogP contribution < -0.4 is 5.32 Å². The lowest BCUT2D eigenvalue weighted by atomic mass is 9.90. The second kappa shape index (κ2) is 7.11. The minimum absolute atomic E-state index is 0.0367. The van der Waals surface area contributed by atoms with Gasteiger partial charge in [-0.25, -0.2) is 0 Å². The van der Waals surface area contributed by atoms with E-state index in [9.17, 15) is 23.1 Å². The highest BCUT2D eigenvalue weighted by Gasteiger charge is 2.54. The van der Waals surface area contributed by atoms with Gasteiger partial charge in [0.2, 0.25) is 5.91 Å². The number of benzene rings is 1. The summed E-state index contributed by atoms with van der Waals surface area (Å²) in [5.74, 6) is -0.226. The van der Waals surface area contributed by atoms with Gasteiger partial charge in [-0.3, -0.25) is 9.69 Å². The number of carbonyl (C=O) groups is 1. The number of rotatable bonds is 4. The standard InChI is InChI=1S/C17H23F3N2O2/c1-12-5-3-4-6-14(12)11-21-15(23)13(2)22-9-7-16(24,8-10-22)17(18,19)20/h3-6,13,24H,7-11H2,1-2H3,(H,21,23). The summed E-state index contributed by atoms with van der Waals surface area (Å²) < 4.78 is 38.4. The van der Waals surface area contributed by atoms with Crippen molar-refractivity contribution in [2.75, 3.05) is 13.1 Å². The van der Waals surface area contributed by atoms with Gasteiger partial charge in [0.1, 0.15) is 0 Å². The molecule has 4 nitrogen and oxygen atoms in total. The second-order valence-corrected chi connectivity index (χ2v) is 6.39. The normalized spacial score (nSPS) is 19.8. The molecule has 0 saturated carbocycles. The highest BCUT2D eigenvalue weighted by molar-refractivity contribution is 5.81. The van der Waals surface area contributed by atoms with Crippen molar-refractivity contribution in [2.24, 2.45) is 0 Å². The minimum atomic E-state index is -4.63. The molecule has 24 heavy (non-hydrogen) atoms. The molecule has 0 spiro atoms. The molecule has 1 aromatic carbocycles. The Labute approximate surface area is 139 Å². The maximum Gasteiger partial charge on any atom is 0.417 e. The number of nitrogens with one attached hydrogen (secondary N) is 1. The number of carbonyl (C=O) groups excluding carboxylic acids is 1. The molecule has 1 aliphatic rings. The van der Waals surface area contributed by atoms with Gasteiger partial charge in [0.25, 0.3) is 0 Å². The van der Waals surface area contributed by atoms with E-state index in [1.807, 2.05) is 31.2 Å². The average Bonchev–Trinajstić information content (AvgIpc) is 2.53. The Bertz CT molecular complexity index is 581. The first-order valence-electron chi connectivity index (χ1n) is 7.99. The predicted molar refractivity (Wildman–Crippen MR) is 84.3 cm³/mol.